The Hall–Kier alpha value is -0.380. The minimum atomic E-state index is 0.360. The summed E-state index contributed by atoms with van der Waals surface area (Å²) in [7, 11) is 0. The Morgan fingerprint density at radius 3 is 2.93 bits per heavy atom. The second kappa shape index (κ2) is 4.43. The third-order valence-electron chi connectivity index (χ3n) is 3.44. The van der Waals surface area contributed by atoms with Crippen molar-refractivity contribution in [1.82, 2.24) is 5.43 Å². The van der Waals surface area contributed by atoms with Gasteiger partial charge in [-0.1, -0.05) is 19.8 Å². The monoisotopic (exact) mass is 210 g/mol. The smallest absolute Gasteiger partial charge is 0.0498 e. The summed E-state index contributed by atoms with van der Waals surface area (Å²) in [4.78, 5) is 0. The first-order valence-electron chi connectivity index (χ1n) is 5.31. The molecular weight excluding hydrogens is 192 g/mol. The molecule has 1 aromatic heterocycles. The highest BCUT2D eigenvalue weighted by molar-refractivity contribution is 7.07. The van der Waals surface area contributed by atoms with E-state index in [9.17, 15) is 0 Å². The topological polar surface area (TPSA) is 38.0 Å². The summed E-state index contributed by atoms with van der Waals surface area (Å²) >= 11 is 1.75. The molecule has 0 radical (unpaired) electrons. The molecule has 0 amide bonds. The van der Waals surface area contributed by atoms with Crippen LogP contribution in [0.15, 0.2) is 16.8 Å². The van der Waals surface area contributed by atoms with E-state index in [-0.39, 0.29) is 0 Å². The quantitative estimate of drug-likeness (QED) is 0.594. The molecule has 0 spiro atoms. The predicted octanol–water partition coefficient (Wildman–Crippen LogP) is 2.69. The minimum Gasteiger partial charge on any atom is -0.271 e. The Balaban J connectivity index is 2.13. The molecule has 14 heavy (non-hydrogen) atoms. The van der Waals surface area contributed by atoms with Crippen LogP contribution in [0.5, 0.6) is 0 Å². The van der Waals surface area contributed by atoms with Gasteiger partial charge in [-0.05, 0) is 40.6 Å². The molecule has 2 rings (SSSR count). The van der Waals surface area contributed by atoms with Crippen molar-refractivity contribution in [2.45, 2.75) is 32.2 Å². The fourth-order valence-electron chi connectivity index (χ4n) is 2.59. The van der Waals surface area contributed by atoms with Gasteiger partial charge in [-0.15, -0.1) is 0 Å². The Morgan fingerprint density at radius 1 is 1.57 bits per heavy atom. The van der Waals surface area contributed by atoms with Gasteiger partial charge in [-0.2, -0.15) is 11.3 Å². The fourth-order valence-corrected chi connectivity index (χ4v) is 3.28. The first kappa shape index (κ1) is 10.1. The van der Waals surface area contributed by atoms with Crippen LogP contribution in [0.4, 0.5) is 0 Å². The minimum absolute atomic E-state index is 0.360. The summed E-state index contributed by atoms with van der Waals surface area (Å²) in [6.07, 6.45) is 4.02. The third-order valence-corrected chi connectivity index (χ3v) is 4.14. The van der Waals surface area contributed by atoms with Gasteiger partial charge in [0.1, 0.15) is 0 Å². The predicted molar refractivity (Wildman–Crippen MR) is 60.9 cm³/mol. The zero-order valence-corrected chi connectivity index (χ0v) is 9.39. The van der Waals surface area contributed by atoms with Crippen LogP contribution in [-0.2, 0) is 0 Å². The number of hydrazine groups is 1. The largest absolute Gasteiger partial charge is 0.271 e. The van der Waals surface area contributed by atoms with Crippen molar-refractivity contribution < 1.29 is 0 Å². The number of rotatable bonds is 3. The van der Waals surface area contributed by atoms with E-state index in [1.165, 1.54) is 24.8 Å². The van der Waals surface area contributed by atoms with Crippen molar-refractivity contribution >= 4 is 11.3 Å². The molecule has 1 aliphatic rings. The average molecular weight is 210 g/mol. The Morgan fingerprint density at radius 2 is 2.43 bits per heavy atom. The van der Waals surface area contributed by atoms with E-state index in [0.29, 0.717) is 6.04 Å². The Kier molecular flexibility index (Phi) is 3.21. The van der Waals surface area contributed by atoms with Crippen molar-refractivity contribution in [2.75, 3.05) is 0 Å². The van der Waals surface area contributed by atoms with Crippen LogP contribution in [0.1, 0.15) is 37.8 Å². The average Bonchev–Trinajstić information content (AvgIpc) is 2.80. The highest BCUT2D eigenvalue weighted by atomic mass is 32.1. The lowest BCUT2D eigenvalue weighted by Gasteiger charge is -2.25. The molecule has 1 saturated carbocycles. The fraction of sp³-hybridized carbons (Fsp3) is 0.636. The zero-order chi connectivity index (χ0) is 9.97. The van der Waals surface area contributed by atoms with Crippen LogP contribution in [0.2, 0.25) is 0 Å². The van der Waals surface area contributed by atoms with Crippen LogP contribution in [0.3, 0.4) is 0 Å². The van der Waals surface area contributed by atoms with Gasteiger partial charge in [-0.25, -0.2) is 0 Å². The first-order valence-corrected chi connectivity index (χ1v) is 6.25. The molecule has 3 heteroatoms. The molecule has 1 heterocycles. The molecule has 3 N–H and O–H groups in total. The molecule has 1 fully saturated rings. The van der Waals surface area contributed by atoms with E-state index < -0.39 is 0 Å². The van der Waals surface area contributed by atoms with Crippen LogP contribution < -0.4 is 11.3 Å². The maximum atomic E-state index is 5.66. The van der Waals surface area contributed by atoms with Gasteiger partial charge in [-0.3, -0.25) is 11.3 Å². The standard InChI is InChI=1S/C11H18N2S/c1-8-3-2-4-10(8)11(13-12)9-5-6-14-7-9/h5-8,10-11,13H,2-4,12H2,1H3. The van der Waals surface area contributed by atoms with E-state index in [4.69, 9.17) is 5.84 Å². The molecule has 0 aliphatic heterocycles. The zero-order valence-electron chi connectivity index (χ0n) is 8.57. The lowest BCUT2D eigenvalue weighted by Crippen LogP contribution is -2.34. The van der Waals surface area contributed by atoms with Crippen LogP contribution >= 0.6 is 11.3 Å². The highest BCUT2D eigenvalue weighted by Crippen LogP contribution is 2.39. The summed E-state index contributed by atoms with van der Waals surface area (Å²) in [5, 5.41) is 4.33. The molecule has 78 valence electrons. The Bertz CT molecular complexity index is 271. The molecule has 2 nitrogen and oxygen atoms in total. The molecule has 3 atom stereocenters. The van der Waals surface area contributed by atoms with E-state index in [2.05, 4.69) is 29.2 Å². The molecular formula is C11H18N2S. The highest BCUT2D eigenvalue weighted by Gasteiger charge is 2.31. The van der Waals surface area contributed by atoms with Crippen LogP contribution in [-0.4, -0.2) is 0 Å². The molecule has 0 bridgehead atoms. The summed E-state index contributed by atoms with van der Waals surface area (Å²) in [6, 6.07) is 2.54. The van der Waals surface area contributed by atoms with Gasteiger partial charge < -0.3 is 0 Å². The van der Waals surface area contributed by atoms with E-state index in [1.807, 2.05) is 0 Å². The van der Waals surface area contributed by atoms with Gasteiger partial charge in [0.05, 0.1) is 0 Å². The van der Waals surface area contributed by atoms with Gasteiger partial charge >= 0.3 is 0 Å². The van der Waals surface area contributed by atoms with Gasteiger partial charge in [0.15, 0.2) is 0 Å². The van der Waals surface area contributed by atoms with Crippen LogP contribution in [0.25, 0.3) is 0 Å². The lowest BCUT2D eigenvalue weighted by molar-refractivity contribution is 0.305. The summed E-state index contributed by atoms with van der Waals surface area (Å²) in [5.41, 5.74) is 4.34. The van der Waals surface area contributed by atoms with Crippen molar-refractivity contribution in [1.29, 1.82) is 0 Å². The summed E-state index contributed by atoms with van der Waals surface area (Å²) in [5.74, 6) is 7.18. The lowest BCUT2D eigenvalue weighted by atomic mass is 9.87. The number of nitrogens with one attached hydrogen (secondary N) is 1. The van der Waals surface area contributed by atoms with Crippen molar-refractivity contribution in [3.63, 3.8) is 0 Å². The van der Waals surface area contributed by atoms with E-state index in [1.54, 1.807) is 11.3 Å². The second-order valence-electron chi connectivity index (χ2n) is 4.27. The van der Waals surface area contributed by atoms with Crippen LogP contribution in [0, 0.1) is 11.8 Å². The SMILES string of the molecule is CC1CCCC1C(NN)c1ccsc1. The van der Waals surface area contributed by atoms with Gasteiger partial charge in [0.25, 0.3) is 0 Å². The van der Waals surface area contributed by atoms with E-state index in [0.717, 1.165) is 11.8 Å². The third kappa shape index (κ3) is 1.85. The molecule has 0 saturated heterocycles. The van der Waals surface area contributed by atoms with E-state index >= 15 is 0 Å². The molecule has 1 aromatic rings. The van der Waals surface area contributed by atoms with Gasteiger partial charge in [0.2, 0.25) is 0 Å². The normalized spacial score (nSPS) is 29.3. The van der Waals surface area contributed by atoms with Crippen molar-refractivity contribution in [3.8, 4) is 0 Å². The van der Waals surface area contributed by atoms with Gasteiger partial charge in [0, 0.05) is 6.04 Å². The molecule has 1 aliphatic carbocycles. The number of thiophene rings is 1. The Labute approximate surface area is 89.5 Å². The molecule has 0 aromatic carbocycles. The maximum absolute atomic E-state index is 5.66. The number of hydrogen-bond donors (Lipinski definition) is 2. The first-order chi connectivity index (χ1) is 6.83. The van der Waals surface area contributed by atoms with Crippen molar-refractivity contribution in [3.05, 3.63) is 22.4 Å². The summed E-state index contributed by atoms with van der Waals surface area (Å²) in [6.45, 7) is 2.34. The number of nitrogens with two attached hydrogens (primary N) is 1. The van der Waals surface area contributed by atoms with Crippen molar-refractivity contribution in [2.24, 2.45) is 17.7 Å². The maximum Gasteiger partial charge on any atom is 0.0498 e. The molecule has 3 unspecified atom stereocenters. The second-order valence-corrected chi connectivity index (χ2v) is 5.05. The summed E-state index contributed by atoms with van der Waals surface area (Å²) < 4.78 is 0. The number of hydrogen-bond acceptors (Lipinski definition) is 3.